The molecule has 1 unspecified atom stereocenters. The Morgan fingerprint density at radius 1 is 1.20 bits per heavy atom. The molecule has 5 atom stereocenters. The first-order chi connectivity index (χ1) is 16.5. The number of hydrogen-bond acceptors (Lipinski definition) is 5. The molecule has 1 fully saturated rings. The first-order valence-electron chi connectivity index (χ1n) is 12.2. The highest BCUT2D eigenvalue weighted by molar-refractivity contribution is 5.69. The summed E-state index contributed by atoms with van der Waals surface area (Å²) in [6.07, 6.45) is 3.35. The third-order valence-corrected chi connectivity index (χ3v) is 6.15. The Bertz CT molecular complexity index is 849. The minimum Gasteiger partial charge on any atom is -0.463 e. The zero-order valence-electron chi connectivity index (χ0n) is 20.3. The van der Waals surface area contributed by atoms with Crippen molar-refractivity contribution in [3.05, 3.63) is 59.7 Å². The molecule has 0 saturated heterocycles. The normalized spacial score (nSPS) is 24.0. The number of esters is 1. The zero-order valence-corrected chi connectivity index (χ0v) is 20.3. The molecular formula is C27H37F3O5. The van der Waals surface area contributed by atoms with Crippen molar-refractivity contribution in [2.75, 3.05) is 0 Å². The molecule has 196 valence electrons. The molecule has 1 aliphatic rings. The Hall–Kier alpha value is -2.16. The number of alkyl halides is 3. The average molecular weight is 499 g/mol. The van der Waals surface area contributed by atoms with E-state index in [1.54, 1.807) is 32.1 Å². The van der Waals surface area contributed by atoms with Gasteiger partial charge in [-0.1, -0.05) is 42.5 Å². The predicted octanol–water partition coefficient (Wildman–Crippen LogP) is 4.98. The molecule has 3 N–H and O–H groups in total. The largest absolute Gasteiger partial charge is 0.463 e. The van der Waals surface area contributed by atoms with E-state index in [-0.39, 0.29) is 43.2 Å². The molecule has 0 aliphatic heterocycles. The lowest BCUT2D eigenvalue weighted by molar-refractivity contribution is -0.147. The minimum atomic E-state index is -4.41. The van der Waals surface area contributed by atoms with Gasteiger partial charge in [-0.15, -0.1) is 0 Å². The van der Waals surface area contributed by atoms with Crippen LogP contribution in [0.3, 0.4) is 0 Å². The van der Waals surface area contributed by atoms with Crippen LogP contribution >= 0.6 is 0 Å². The van der Waals surface area contributed by atoms with Gasteiger partial charge in [0, 0.05) is 18.8 Å². The number of rotatable bonds is 12. The summed E-state index contributed by atoms with van der Waals surface area (Å²) in [6.45, 7) is 3.61. The van der Waals surface area contributed by atoms with Gasteiger partial charge in [0.25, 0.3) is 0 Å². The molecule has 1 saturated carbocycles. The van der Waals surface area contributed by atoms with Crippen molar-refractivity contribution in [1.82, 2.24) is 0 Å². The molecule has 0 heterocycles. The summed E-state index contributed by atoms with van der Waals surface area (Å²) in [7, 11) is 0. The van der Waals surface area contributed by atoms with Crippen LogP contribution in [0.5, 0.6) is 0 Å². The van der Waals surface area contributed by atoms with Gasteiger partial charge in [-0.25, -0.2) is 0 Å². The smallest absolute Gasteiger partial charge is 0.416 e. The average Bonchev–Trinajstić information content (AvgIpc) is 3.04. The molecule has 0 bridgehead atoms. The molecule has 2 rings (SSSR count). The monoisotopic (exact) mass is 498 g/mol. The maximum atomic E-state index is 12.9. The molecule has 1 aromatic carbocycles. The van der Waals surface area contributed by atoms with Crippen molar-refractivity contribution < 1.29 is 38.0 Å². The van der Waals surface area contributed by atoms with Crippen LogP contribution in [0.15, 0.2) is 48.6 Å². The second kappa shape index (κ2) is 13.8. The maximum absolute atomic E-state index is 12.9. The summed E-state index contributed by atoms with van der Waals surface area (Å²) in [6, 6.07) is 5.05. The number of ether oxygens (including phenoxy) is 1. The van der Waals surface area contributed by atoms with Crippen molar-refractivity contribution in [3.8, 4) is 0 Å². The van der Waals surface area contributed by atoms with E-state index in [0.29, 0.717) is 31.2 Å². The summed E-state index contributed by atoms with van der Waals surface area (Å²) in [5, 5.41) is 31.0. The first kappa shape index (κ1) is 29.1. The maximum Gasteiger partial charge on any atom is 0.416 e. The number of carbonyl (C=O) groups is 1. The van der Waals surface area contributed by atoms with E-state index in [0.717, 1.165) is 12.1 Å². The lowest BCUT2D eigenvalue weighted by Crippen LogP contribution is -2.20. The third-order valence-electron chi connectivity index (χ3n) is 6.15. The molecule has 0 radical (unpaired) electrons. The minimum absolute atomic E-state index is 0.127. The van der Waals surface area contributed by atoms with Gasteiger partial charge in [-0.2, -0.15) is 13.2 Å². The standard InChI is InChI=1S/C27H37F3O5/c1-18(2)35-26(34)11-6-4-3-5-10-22-23(25(33)17-24(22)32)15-14-21(31)13-12-19-8-7-9-20(16-19)27(28,29)30/h3,5,7-9,14-16,18,21-25,31-33H,4,6,10-13,17H2,1-2H3/b5-3-,15-14+/t21?,22-,23-,24+,25-/m1/s1. The van der Waals surface area contributed by atoms with Crippen LogP contribution in [0.1, 0.15) is 63.5 Å². The number of hydrogen-bond donors (Lipinski definition) is 3. The summed E-state index contributed by atoms with van der Waals surface area (Å²) >= 11 is 0. The fourth-order valence-corrected chi connectivity index (χ4v) is 4.33. The highest BCUT2D eigenvalue weighted by Gasteiger charge is 2.39. The number of carbonyl (C=O) groups excluding carboxylic acids is 1. The van der Waals surface area contributed by atoms with Crippen molar-refractivity contribution >= 4 is 5.97 Å². The SMILES string of the molecule is CC(C)OC(=O)CCC/C=C\C[C@@H]1[C@@H](/C=C/C(O)CCc2cccc(C(F)(F)F)c2)[C@H](O)C[C@@H]1O. The van der Waals surface area contributed by atoms with Crippen molar-refractivity contribution in [2.24, 2.45) is 11.8 Å². The molecule has 5 nitrogen and oxygen atoms in total. The van der Waals surface area contributed by atoms with Gasteiger partial charge in [0.15, 0.2) is 0 Å². The summed E-state index contributed by atoms with van der Waals surface area (Å²) in [5.41, 5.74) is -0.224. The van der Waals surface area contributed by atoms with Crippen LogP contribution in [-0.2, 0) is 22.1 Å². The van der Waals surface area contributed by atoms with E-state index in [4.69, 9.17) is 4.74 Å². The second-order valence-electron chi connectivity index (χ2n) is 9.44. The highest BCUT2D eigenvalue weighted by atomic mass is 19.4. The van der Waals surface area contributed by atoms with Gasteiger partial charge < -0.3 is 20.1 Å². The van der Waals surface area contributed by atoms with E-state index >= 15 is 0 Å². The number of aliphatic hydroxyl groups excluding tert-OH is 3. The van der Waals surface area contributed by atoms with Gasteiger partial charge >= 0.3 is 12.1 Å². The molecule has 1 aliphatic carbocycles. The van der Waals surface area contributed by atoms with Crippen LogP contribution in [0.25, 0.3) is 0 Å². The second-order valence-corrected chi connectivity index (χ2v) is 9.44. The summed E-state index contributed by atoms with van der Waals surface area (Å²) in [4.78, 5) is 11.5. The Kier molecular flexibility index (Phi) is 11.5. The number of benzene rings is 1. The number of aryl methyl sites for hydroxylation is 1. The molecule has 1 aromatic rings. The Morgan fingerprint density at radius 2 is 1.94 bits per heavy atom. The van der Waals surface area contributed by atoms with Crippen molar-refractivity contribution in [2.45, 2.75) is 89.4 Å². The van der Waals surface area contributed by atoms with Gasteiger partial charge in [-0.3, -0.25) is 4.79 Å². The Balaban J connectivity index is 1.82. The number of unbranched alkanes of at least 4 members (excludes halogenated alkanes) is 1. The van der Waals surface area contributed by atoms with Gasteiger partial charge in [-0.05, 0) is 63.5 Å². The number of halogens is 3. The lowest BCUT2D eigenvalue weighted by Gasteiger charge is -2.19. The number of aliphatic hydroxyl groups is 3. The van der Waals surface area contributed by atoms with E-state index in [9.17, 15) is 33.3 Å². The lowest BCUT2D eigenvalue weighted by atomic mass is 9.89. The Labute approximate surface area is 205 Å². The van der Waals surface area contributed by atoms with E-state index in [2.05, 4.69) is 0 Å². The summed E-state index contributed by atoms with van der Waals surface area (Å²) < 4.78 is 43.7. The van der Waals surface area contributed by atoms with E-state index in [1.807, 2.05) is 12.2 Å². The van der Waals surface area contributed by atoms with Gasteiger partial charge in [0.1, 0.15) is 0 Å². The third kappa shape index (κ3) is 10.2. The first-order valence-corrected chi connectivity index (χ1v) is 12.2. The summed E-state index contributed by atoms with van der Waals surface area (Å²) in [5.74, 6) is -0.766. The fourth-order valence-electron chi connectivity index (χ4n) is 4.33. The fraction of sp³-hybridized carbons (Fsp3) is 0.593. The number of allylic oxidation sites excluding steroid dienone is 2. The predicted molar refractivity (Wildman–Crippen MR) is 127 cm³/mol. The van der Waals surface area contributed by atoms with Gasteiger partial charge in [0.05, 0.1) is 30.0 Å². The molecule has 8 heteroatoms. The van der Waals surface area contributed by atoms with E-state index < -0.39 is 30.1 Å². The van der Waals surface area contributed by atoms with Crippen LogP contribution in [0.2, 0.25) is 0 Å². The highest BCUT2D eigenvalue weighted by Crippen LogP contribution is 2.36. The van der Waals surface area contributed by atoms with Crippen molar-refractivity contribution in [3.63, 3.8) is 0 Å². The molecule has 35 heavy (non-hydrogen) atoms. The van der Waals surface area contributed by atoms with Crippen LogP contribution in [0, 0.1) is 11.8 Å². The van der Waals surface area contributed by atoms with Crippen LogP contribution in [-0.4, -0.2) is 45.7 Å². The topological polar surface area (TPSA) is 87.0 Å². The molecular weight excluding hydrogens is 461 g/mol. The van der Waals surface area contributed by atoms with E-state index in [1.165, 1.54) is 6.07 Å². The van der Waals surface area contributed by atoms with Crippen molar-refractivity contribution in [1.29, 1.82) is 0 Å². The zero-order chi connectivity index (χ0) is 26.0. The molecule has 0 aromatic heterocycles. The van der Waals surface area contributed by atoms with Crippen LogP contribution < -0.4 is 0 Å². The molecule has 0 spiro atoms. The molecule has 0 amide bonds. The van der Waals surface area contributed by atoms with Crippen LogP contribution in [0.4, 0.5) is 13.2 Å². The van der Waals surface area contributed by atoms with Gasteiger partial charge in [0.2, 0.25) is 0 Å². The quantitative estimate of drug-likeness (QED) is 0.215. The Morgan fingerprint density at radius 3 is 2.63 bits per heavy atom.